The Hall–Kier alpha value is -2.69. The molecule has 0 bridgehead atoms. The average Bonchev–Trinajstić information content (AvgIpc) is 2.62. The van der Waals surface area contributed by atoms with E-state index in [9.17, 15) is 10.1 Å². The minimum Gasteiger partial charge on any atom is -0.495 e. The van der Waals surface area contributed by atoms with Crippen molar-refractivity contribution < 1.29 is 9.66 Å². The summed E-state index contributed by atoms with van der Waals surface area (Å²) in [5.74, 6) is 0.626. The van der Waals surface area contributed by atoms with Crippen molar-refractivity contribution in [2.75, 3.05) is 17.7 Å². The molecule has 0 aliphatic heterocycles. The van der Waals surface area contributed by atoms with Crippen molar-refractivity contribution in [1.82, 2.24) is 10.9 Å². The Bertz CT molecular complexity index is 850. The van der Waals surface area contributed by atoms with Crippen LogP contribution in [0.1, 0.15) is 0 Å². The molecule has 0 aliphatic rings. The summed E-state index contributed by atoms with van der Waals surface area (Å²) in [5.41, 5.74) is 6.22. The van der Waals surface area contributed by atoms with E-state index in [2.05, 4.69) is 21.5 Å². The molecule has 0 amide bonds. The van der Waals surface area contributed by atoms with Gasteiger partial charge in [-0.05, 0) is 42.6 Å². The van der Waals surface area contributed by atoms with Crippen LogP contribution in [0.4, 0.5) is 17.1 Å². The van der Waals surface area contributed by atoms with Crippen molar-refractivity contribution >= 4 is 63.3 Å². The van der Waals surface area contributed by atoms with Gasteiger partial charge in [0.25, 0.3) is 5.69 Å². The fourth-order valence-corrected chi connectivity index (χ4v) is 2.38. The second-order valence-corrected chi connectivity index (χ2v) is 6.00. The molecular formula is C15H14ClN5O3S2. The highest BCUT2D eigenvalue weighted by molar-refractivity contribution is 7.81. The number of benzene rings is 2. The highest BCUT2D eigenvalue weighted by Crippen LogP contribution is 2.26. The number of hydrogen-bond donors (Lipinski definition) is 4. The largest absolute Gasteiger partial charge is 0.495 e. The molecule has 26 heavy (non-hydrogen) atoms. The second kappa shape index (κ2) is 9.13. The van der Waals surface area contributed by atoms with Gasteiger partial charge in [0.2, 0.25) is 0 Å². The summed E-state index contributed by atoms with van der Waals surface area (Å²) < 4.78 is 5.22. The Morgan fingerprint density at radius 3 is 2.31 bits per heavy atom. The van der Waals surface area contributed by atoms with Crippen LogP contribution in [0.25, 0.3) is 0 Å². The van der Waals surface area contributed by atoms with E-state index in [1.807, 2.05) is 12.1 Å². The first-order valence-electron chi connectivity index (χ1n) is 7.11. The zero-order valence-corrected chi connectivity index (χ0v) is 15.8. The fourth-order valence-electron chi connectivity index (χ4n) is 1.89. The zero-order chi connectivity index (χ0) is 19.1. The van der Waals surface area contributed by atoms with Gasteiger partial charge in [0.05, 0.1) is 28.4 Å². The number of hydrogen-bond acceptors (Lipinski definition) is 5. The number of methoxy groups -OCH3 is 1. The van der Waals surface area contributed by atoms with Gasteiger partial charge < -0.3 is 15.4 Å². The molecule has 0 atom stereocenters. The van der Waals surface area contributed by atoms with E-state index in [1.54, 1.807) is 19.2 Å². The monoisotopic (exact) mass is 411 g/mol. The smallest absolute Gasteiger partial charge is 0.271 e. The molecule has 2 rings (SSSR count). The minimum absolute atomic E-state index is 0.110. The number of anilines is 2. The second-order valence-electron chi connectivity index (χ2n) is 4.78. The number of nitro groups is 1. The van der Waals surface area contributed by atoms with Gasteiger partial charge >= 0.3 is 0 Å². The minimum atomic E-state index is -0.525. The first kappa shape index (κ1) is 19.6. The fraction of sp³-hybridized carbons (Fsp3) is 0.0667. The summed E-state index contributed by atoms with van der Waals surface area (Å²) in [6.07, 6.45) is 0. The number of hydrazine groups is 1. The molecule has 0 heterocycles. The van der Waals surface area contributed by atoms with Gasteiger partial charge in [0, 0.05) is 12.1 Å². The van der Waals surface area contributed by atoms with E-state index in [0.717, 1.165) is 0 Å². The third-order valence-corrected chi connectivity index (χ3v) is 3.79. The first-order chi connectivity index (χ1) is 12.4. The highest BCUT2D eigenvalue weighted by Gasteiger charge is 2.11. The molecular weight excluding hydrogens is 398 g/mol. The number of nitrogens with one attached hydrogen (secondary N) is 4. The van der Waals surface area contributed by atoms with Crippen LogP contribution in [-0.2, 0) is 0 Å². The summed E-state index contributed by atoms with van der Waals surface area (Å²) >= 11 is 16.3. The molecule has 0 saturated carbocycles. The van der Waals surface area contributed by atoms with Crippen molar-refractivity contribution in [2.45, 2.75) is 0 Å². The third kappa shape index (κ3) is 5.41. The average molecular weight is 412 g/mol. The SMILES string of the molecule is COc1ccccc1NC(=S)NNC(=S)Nc1cc([N+](=O)[O-])ccc1Cl. The number of non-ortho nitro benzene ring substituents is 1. The molecule has 0 spiro atoms. The molecule has 4 N–H and O–H groups in total. The number of para-hydroxylation sites is 2. The van der Waals surface area contributed by atoms with Crippen LogP contribution in [0, 0.1) is 10.1 Å². The van der Waals surface area contributed by atoms with Crippen molar-refractivity contribution in [3.05, 3.63) is 57.6 Å². The Balaban J connectivity index is 1.91. The van der Waals surface area contributed by atoms with Gasteiger partial charge in [-0.15, -0.1) is 0 Å². The maximum atomic E-state index is 10.8. The Labute approximate surface area is 165 Å². The summed E-state index contributed by atoms with van der Waals surface area (Å²) in [5, 5.41) is 17.2. The Kier molecular flexibility index (Phi) is 6.89. The van der Waals surface area contributed by atoms with Gasteiger partial charge in [0.15, 0.2) is 10.2 Å². The lowest BCUT2D eigenvalue weighted by Gasteiger charge is -2.16. The standard InChI is InChI=1S/C15H14ClN5O3S2/c1-24-13-5-3-2-4-11(13)17-14(25)19-20-15(26)18-12-8-9(21(22)23)6-7-10(12)16/h2-8H,1H3,(H2,17,19,25)(H2,18,20,26). The molecule has 0 saturated heterocycles. The molecule has 8 nitrogen and oxygen atoms in total. The molecule has 11 heteroatoms. The van der Waals surface area contributed by atoms with Crippen LogP contribution < -0.4 is 26.2 Å². The Morgan fingerprint density at radius 1 is 1.08 bits per heavy atom. The van der Waals surface area contributed by atoms with Crippen LogP contribution in [0.3, 0.4) is 0 Å². The summed E-state index contributed by atoms with van der Waals surface area (Å²) in [6, 6.07) is 11.2. The van der Waals surface area contributed by atoms with Crippen LogP contribution in [-0.4, -0.2) is 22.3 Å². The number of nitro benzene ring substituents is 1. The number of nitrogens with zero attached hydrogens (tertiary/aromatic N) is 1. The van der Waals surface area contributed by atoms with Crippen molar-refractivity contribution in [3.8, 4) is 5.75 Å². The van der Waals surface area contributed by atoms with E-state index in [1.165, 1.54) is 18.2 Å². The molecule has 0 radical (unpaired) electrons. The predicted molar refractivity (Wildman–Crippen MR) is 110 cm³/mol. The Morgan fingerprint density at radius 2 is 1.69 bits per heavy atom. The third-order valence-electron chi connectivity index (χ3n) is 3.05. The maximum Gasteiger partial charge on any atom is 0.271 e. The lowest BCUT2D eigenvalue weighted by Crippen LogP contribution is -2.45. The molecule has 0 aliphatic carbocycles. The first-order valence-corrected chi connectivity index (χ1v) is 8.31. The molecule has 0 aromatic heterocycles. The van der Waals surface area contributed by atoms with Gasteiger partial charge in [-0.2, -0.15) is 0 Å². The van der Waals surface area contributed by atoms with Gasteiger partial charge in [-0.3, -0.25) is 21.0 Å². The molecule has 136 valence electrons. The number of ether oxygens (including phenoxy) is 1. The van der Waals surface area contributed by atoms with Crippen molar-refractivity contribution in [2.24, 2.45) is 0 Å². The van der Waals surface area contributed by atoms with E-state index in [0.29, 0.717) is 17.1 Å². The lowest BCUT2D eigenvalue weighted by atomic mass is 10.3. The van der Waals surface area contributed by atoms with Gasteiger partial charge in [0.1, 0.15) is 5.75 Å². The molecule has 2 aromatic carbocycles. The lowest BCUT2D eigenvalue weighted by molar-refractivity contribution is -0.384. The quantitative estimate of drug-likeness (QED) is 0.342. The number of halogens is 1. The van der Waals surface area contributed by atoms with Crippen LogP contribution >= 0.6 is 36.0 Å². The molecule has 0 unspecified atom stereocenters. The van der Waals surface area contributed by atoms with E-state index < -0.39 is 4.92 Å². The predicted octanol–water partition coefficient (Wildman–Crippen LogP) is 3.44. The molecule has 0 fully saturated rings. The maximum absolute atomic E-state index is 10.8. The highest BCUT2D eigenvalue weighted by atomic mass is 35.5. The van der Waals surface area contributed by atoms with Crippen LogP contribution in [0.5, 0.6) is 5.75 Å². The normalized spacial score (nSPS) is 9.77. The van der Waals surface area contributed by atoms with Crippen molar-refractivity contribution in [1.29, 1.82) is 0 Å². The van der Waals surface area contributed by atoms with Crippen LogP contribution in [0.15, 0.2) is 42.5 Å². The number of rotatable bonds is 4. The van der Waals surface area contributed by atoms with Gasteiger partial charge in [-0.25, -0.2) is 0 Å². The zero-order valence-electron chi connectivity index (χ0n) is 13.4. The van der Waals surface area contributed by atoms with Gasteiger partial charge in [-0.1, -0.05) is 23.7 Å². The van der Waals surface area contributed by atoms with E-state index in [4.69, 9.17) is 40.8 Å². The van der Waals surface area contributed by atoms with E-state index >= 15 is 0 Å². The summed E-state index contributed by atoms with van der Waals surface area (Å²) in [6.45, 7) is 0. The van der Waals surface area contributed by atoms with Crippen molar-refractivity contribution in [3.63, 3.8) is 0 Å². The van der Waals surface area contributed by atoms with E-state index in [-0.39, 0.29) is 20.9 Å². The topological polar surface area (TPSA) is 100 Å². The van der Waals surface area contributed by atoms with Crippen LogP contribution in [0.2, 0.25) is 5.02 Å². The summed E-state index contributed by atoms with van der Waals surface area (Å²) in [7, 11) is 1.55. The number of thiocarbonyl (C=S) groups is 2. The summed E-state index contributed by atoms with van der Waals surface area (Å²) in [4.78, 5) is 10.3. The molecule has 2 aromatic rings.